The molecule has 1 nitrogen and oxygen atoms in total. The molecule has 0 atom stereocenters. The number of unbranched alkanes of at least 4 members (excludes halogenated alkanes) is 4. The summed E-state index contributed by atoms with van der Waals surface area (Å²) in [6.07, 6.45) is 20.4. The highest BCUT2D eigenvalue weighted by atomic mass is 28.3. The molecule has 0 aromatic rings. The van der Waals surface area contributed by atoms with E-state index in [0.29, 0.717) is 0 Å². The lowest BCUT2D eigenvalue weighted by Crippen LogP contribution is -2.31. The van der Waals surface area contributed by atoms with Crippen LogP contribution in [0.25, 0.3) is 0 Å². The third kappa shape index (κ3) is 14.4. The van der Waals surface area contributed by atoms with Crippen LogP contribution in [0.2, 0.25) is 36.3 Å². The third-order valence-corrected chi connectivity index (χ3v) is 17.6. The first-order valence-corrected chi connectivity index (χ1v) is 19.2. The molecule has 0 spiro atoms. The topological polar surface area (TPSA) is 12.4 Å². The zero-order valence-electron chi connectivity index (χ0n) is 22.4. The van der Waals surface area contributed by atoms with Crippen LogP contribution < -0.4 is 0 Å². The molecule has 0 aliphatic rings. The molecule has 0 aromatic heterocycles. The van der Waals surface area contributed by atoms with Crippen molar-refractivity contribution in [3.05, 3.63) is 23.6 Å². The molecule has 0 heterocycles. The van der Waals surface area contributed by atoms with Gasteiger partial charge in [-0.15, -0.1) is 0 Å². The van der Waals surface area contributed by atoms with Crippen LogP contribution in [0.4, 0.5) is 0 Å². The second-order valence-corrected chi connectivity index (χ2v) is 19.0. The van der Waals surface area contributed by atoms with Gasteiger partial charge in [-0.1, -0.05) is 133 Å². The van der Waals surface area contributed by atoms with Crippen LogP contribution in [0.3, 0.4) is 0 Å². The Labute approximate surface area is 199 Å². The van der Waals surface area contributed by atoms with E-state index in [0.717, 1.165) is 6.54 Å². The third-order valence-electron chi connectivity index (χ3n) is 6.89. The van der Waals surface area contributed by atoms with Gasteiger partial charge in [-0.2, -0.15) is 0 Å². The van der Waals surface area contributed by atoms with Gasteiger partial charge in [0.2, 0.25) is 0 Å². The predicted molar refractivity (Wildman–Crippen MR) is 152 cm³/mol. The fourth-order valence-corrected chi connectivity index (χ4v) is 15.2. The number of nitrogens with zero attached hydrogens (tertiary/aromatic N) is 1. The summed E-state index contributed by atoms with van der Waals surface area (Å²) in [7, 11) is -2.32. The van der Waals surface area contributed by atoms with E-state index in [4.69, 9.17) is 4.99 Å². The standard InChI is InChI=1S/C28H57NSi2/c1-7-21-30(22-8-2,23-9-3)27-17-15-13-14-16-19-29-20-18-28-31(24-10-4,25-11-5)26-12-6/h7,10,20-21,24H,8-9,11-19,22-23,25-28H2,1-6H3/b21-7+,24-10+,29-20?. The van der Waals surface area contributed by atoms with Crippen molar-refractivity contribution in [2.75, 3.05) is 6.54 Å². The lowest BCUT2D eigenvalue weighted by Gasteiger charge is -2.28. The Morgan fingerprint density at radius 1 is 0.548 bits per heavy atom. The fraction of sp³-hybridized carbons (Fsp3) is 0.821. The van der Waals surface area contributed by atoms with Gasteiger partial charge in [0.05, 0.1) is 16.1 Å². The molecule has 0 rings (SSSR count). The molecular weight excluding hydrogens is 406 g/mol. The van der Waals surface area contributed by atoms with E-state index in [1.807, 2.05) is 0 Å². The van der Waals surface area contributed by atoms with Crippen LogP contribution in [0, 0.1) is 0 Å². The summed E-state index contributed by atoms with van der Waals surface area (Å²) in [4.78, 5) is 4.76. The van der Waals surface area contributed by atoms with Crippen molar-refractivity contribution in [2.45, 2.75) is 142 Å². The smallest absolute Gasteiger partial charge is 0.0777 e. The van der Waals surface area contributed by atoms with Gasteiger partial charge < -0.3 is 0 Å². The van der Waals surface area contributed by atoms with Crippen LogP contribution >= 0.6 is 0 Å². The summed E-state index contributed by atoms with van der Waals surface area (Å²) >= 11 is 0. The lowest BCUT2D eigenvalue weighted by atomic mass is 10.1. The summed E-state index contributed by atoms with van der Waals surface area (Å²) in [5, 5.41) is 0. The van der Waals surface area contributed by atoms with Gasteiger partial charge in [0.25, 0.3) is 0 Å². The highest BCUT2D eigenvalue weighted by Crippen LogP contribution is 2.29. The maximum Gasteiger partial charge on any atom is 0.0777 e. The Morgan fingerprint density at radius 2 is 1.00 bits per heavy atom. The van der Waals surface area contributed by atoms with Gasteiger partial charge in [-0.25, -0.2) is 0 Å². The van der Waals surface area contributed by atoms with E-state index in [2.05, 4.69) is 71.3 Å². The minimum Gasteiger partial charge on any atom is -0.298 e. The van der Waals surface area contributed by atoms with Gasteiger partial charge in [0.15, 0.2) is 0 Å². The van der Waals surface area contributed by atoms with Crippen LogP contribution in [0.1, 0.15) is 106 Å². The maximum absolute atomic E-state index is 4.76. The Hall–Kier alpha value is -0.416. The molecule has 0 unspecified atom stereocenters. The first kappa shape index (κ1) is 30.6. The summed E-state index contributed by atoms with van der Waals surface area (Å²) in [6.45, 7) is 14.9. The molecule has 31 heavy (non-hydrogen) atoms. The summed E-state index contributed by atoms with van der Waals surface area (Å²) in [5.41, 5.74) is 5.27. The molecule has 0 N–H and O–H groups in total. The van der Waals surface area contributed by atoms with Crippen molar-refractivity contribution < 1.29 is 0 Å². The van der Waals surface area contributed by atoms with Crippen molar-refractivity contribution in [2.24, 2.45) is 4.99 Å². The molecule has 0 bridgehead atoms. The molecule has 0 amide bonds. The van der Waals surface area contributed by atoms with Crippen LogP contribution in [-0.2, 0) is 0 Å². The lowest BCUT2D eigenvalue weighted by molar-refractivity contribution is 0.635. The second kappa shape index (κ2) is 20.2. The first-order chi connectivity index (χ1) is 15.1. The van der Waals surface area contributed by atoms with E-state index >= 15 is 0 Å². The highest BCUT2D eigenvalue weighted by molar-refractivity contribution is 6.85. The number of hydrogen-bond acceptors (Lipinski definition) is 1. The van der Waals surface area contributed by atoms with Gasteiger partial charge in [-0.05, 0) is 38.9 Å². The SMILES string of the molecule is C/C=C/[Si](CCC)(CCC)CCC=NCCCCCCC[Si](/C=C/C)(CCC)CCC. The Bertz CT molecular complexity index is 469. The molecule has 0 saturated heterocycles. The Morgan fingerprint density at radius 3 is 1.48 bits per heavy atom. The van der Waals surface area contributed by atoms with Crippen LogP contribution in [0.5, 0.6) is 0 Å². The molecule has 0 radical (unpaired) electrons. The molecule has 0 fully saturated rings. The van der Waals surface area contributed by atoms with Crippen molar-refractivity contribution in [1.82, 2.24) is 0 Å². The summed E-state index contributed by atoms with van der Waals surface area (Å²) in [6, 6.07) is 8.81. The number of allylic oxidation sites excluding steroid dienone is 2. The quantitative estimate of drug-likeness (QED) is 0.0911. The number of rotatable bonds is 21. The summed E-state index contributed by atoms with van der Waals surface area (Å²) < 4.78 is 0. The zero-order chi connectivity index (χ0) is 23.3. The monoisotopic (exact) mass is 463 g/mol. The van der Waals surface area contributed by atoms with Crippen molar-refractivity contribution in [1.29, 1.82) is 0 Å². The molecule has 0 aliphatic carbocycles. The Balaban J connectivity index is 4.10. The number of hydrogen-bond donors (Lipinski definition) is 0. The molecule has 0 aliphatic heterocycles. The van der Waals surface area contributed by atoms with Gasteiger partial charge in [-0.3, -0.25) is 4.99 Å². The van der Waals surface area contributed by atoms with E-state index < -0.39 is 16.1 Å². The molecular formula is C28H57NSi2. The second-order valence-electron chi connectivity index (χ2n) is 9.87. The predicted octanol–water partition coefficient (Wildman–Crippen LogP) is 10.2. The molecule has 182 valence electrons. The van der Waals surface area contributed by atoms with E-state index in [1.54, 1.807) is 0 Å². The summed E-state index contributed by atoms with van der Waals surface area (Å²) in [5.74, 6) is 0. The average Bonchev–Trinajstić information content (AvgIpc) is 2.73. The van der Waals surface area contributed by atoms with Gasteiger partial charge >= 0.3 is 0 Å². The first-order valence-electron chi connectivity index (χ1n) is 13.8. The normalized spacial score (nSPS) is 13.4. The maximum atomic E-state index is 4.76. The average molecular weight is 464 g/mol. The van der Waals surface area contributed by atoms with Gasteiger partial charge in [0.1, 0.15) is 0 Å². The van der Waals surface area contributed by atoms with E-state index in [1.165, 1.54) is 100 Å². The molecule has 0 aromatic carbocycles. The van der Waals surface area contributed by atoms with E-state index in [9.17, 15) is 0 Å². The largest absolute Gasteiger partial charge is 0.298 e. The van der Waals surface area contributed by atoms with E-state index in [-0.39, 0.29) is 0 Å². The van der Waals surface area contributed by atoms with Gasteiger partial charge in [0, 0.05) is 6.54 Å². The fourth-order valence-electron chi connectivity index (χ4n) is 5.69. The number of aliphatic imine (C=N–C) groups is 1. The molecule has 3 heteroatoms. The Kier molecular flexibility index (Phi) is 19.9. The van der Waals surface area contributed by atoms with Crippen molar-refractivity contribution in [3.8, 4) is 0 Å². The van der Waals surface area contributed by atoms with Crippen molar-refractivity contribution >= 4 is 22.4 Å². The zero-order valence-corrected chi connectivity index (χ0v) is 24.4. The highest BCUT2D eigenvalue weighted by Gasteiger charge is 2.27. The molecule has 0 saturated carbocycles. The van der Waals surface area contributed by atoms with Crippen molar-refractivity contribution in [3.63, 3.8) is 0 Å². The van der Waals surface area contributed by atoms with Crippen LogP contribution in [0.15, 0.2) is 28.5 Å². The minimum atomic E-state index is -1.19. The minimum absolute atomic E-state index is 1.04. The van der Waals surface area contributed by atoms with Crippen LogP contribution in [-0.4, -0.2) is 28.9 Å².